The Morgan fingerprint density at radius 1 is 1.44 bits per heavy atom. The van der Waals surface area contributed by atoms with Crippen LogP contribution in [0.2, 0.25) is 0 Å². The van der Waals surface area contributed by atoms with Crippen LogP contribution >= 0.6 is 15.9 Å². The monoisotopic (exact) mass is 315 g/mol. The molecular weight excluding hydrogens is 297 g/mol. The number of hydrogen-bond donors (Lipinski definition) is 1. The summed E-state index contributed by atoms with van der Waals surface area (Å²) >= 11 is 3.33. The third-order valence-electron chi connectivity index (χ3n) is 4.33. The van der Waals surface area contributed by atoms with E-state index >= 15 is 0 Å². The summed E-state index contributed by atoms with van der Waals surface area (Å²) in [5.74, 6) is -0.00710. The van der Waals surface area contributed by atoms with Gasteiger partial charge in [0.25, 0.3) is 0 Å². The fourth-order valence-electron chi connectivity index (χ4n) is 2.89. The van der Waals surface area contributed by atoms with Gasteiger partial charge in [-0.05, 0) is 31.0 Å². The Labute approximate surface area is 116 Å². The Balaban J connectivity index is 2.17. The van der Waals surface area contributed by atoms with Crippen molar-refractivity contribution in [2.24, 2.45) is 11.1 Å². The third-order valence-corrected chi connectivity index (χ3v) is 4.82. The van der Waals surface area contributed by atoms with Crippen molar-refractivity contribution in [2.75, 3.05) is 0 Å². The molecule has 2 N–H and O–H groups in total. The van der Waals surface area contributed by atoms with Gasteiger partial charge in [-0.1, -0.05) is 29.8 Å². The molecule has 2 rings (SSSR count). The molecule has 18 heavy (non-hydrogen) atoms. The van der Waals surface area contributed by atoms with Gasteiger partial charge < -0.3 is 10.5 Å². The zero-order chi connectivity index (χ0) is 13.3. The van der Waals surface area contributed by atoms with Gasteiger partial charge in [0.1, 0.15) is 6.10 Å². The van der Waals surface area contributed by atoms with E-state index < -0.39 is 0 Å². The molecule has 0 aliphatic heterocycles. The minimum atomic E-state index is -0.320. The van der Waals surface area contributed by atoms with E-state index in [2.05, 4.69) is 29.8 Å². The van der Waals surface area contributed by atoms with Crippen molar-refractivity contribution in [1.29, 1.82) is 0 Å². The second kappa shape index (κ2) is 5.17. The van der Waals surface area contributed by atoms with E-state index in [1.807, 2.05) is 0 Å². The lowest BCUT2D eigenvalue weighted by molar-refractivity contribution is -0.0737. The lowest BCUT2D eigenvalue weighted by Gasteiger charge is -2.53. The first-order valence-electron chi connectivity index (χ1n) is 6.40. The summed E-state index contributed by atoms with van der Waals surface area (Å²) in [5.41, 5.74) is 6.10. The molecule has 2 atom stereocenters. The summed E-state index contributed by atoms with van der Waals surface area (Å²) in [5, 5.41) is 0. The highest BCUT2D eigenvalue weighted by Gasteiger charge is 2.52. The normalized spacial score (nSPS) is 25.6. The number of rotatable bonds is 4. The van der Waals surface area contributed by atoms with Crippen molar-refractivity contribution in [1.82, 2.24) is 0 Å². The second-order valence-electron chi connectivity index (χ2n) is 4.96. The van der Waals surface area contributed by atoms with Crippen LogP contribution < -0.4 is 10.5 Å². The Kier molecular flexibility index (Phi) is 3.97. The van der Waals surface area contributed by atoms with Gasteiger partial charge in [0.2, 0.25) is 0 Å². The molecular formula is C14H19BrFNO. The van der Waals surface area contributed by atoms with Crippen LogP contribution in [0.5, 0.6) is 5.75 Å². The van der Waals surface area contributed by atoms with E-state index in [-0.39, 0.29) is 23.4 Å². The fraction of sp³-hybridized carbons (Fsp3) is 0.571. The molecule has 0 saturated heterocycles. The molecule has 1 aliphatic rings. The molecule has 1 saturated carbocycles. The van der Waals surface area contributed by atoms with E-state index in [0.717, 1.165) is 23.7 Å². The van der Waals surface area contributed by atoms with Crippen molar-refractivity contribution in [3.8, 4) is 5.75 Å². The number of nitrogens with two attached hydrogens (primary N) is 1. The van der Waals surface area contributed by atoms with E-state index in [0.29, 0.717) is 5.75 Å². The van der Waals surface area contributed by atoms with E-state index in [1.54, 1.807) is 12.1 Å². The van der Waals surface area contributed by atoms with Gasteiger partial charge in [-0.25, -0.2) is 4.39 Å². The molecule has 0 amide bonds. The van der Waals surface area contributed by atoms with E-state index in [9.17, 15) is 4.39 Å². The molecule has 4 heteroatoms. The Bertz CT molecular complexity index is 434. The maximum Gasteiger partial charge on any atom is 0.165 e. The Morgan fingerprint density at radius 3 is 2.67 bits per heavy atom. The van der Waals surface area contributed by atoms with Crippen LogP contribution in [0.3, 0.4) is 0 Å². The lowest BCUT2D eigenvalue weighted by atomic mass is 9.59. The molecule has 1 aliphatic carbocycles. The van der Waals surface area contributed by atoms with Crippen LogP contribution in [-0.4, -0.2) is 12.1 Å². The Hall–Kier alpha value is -0.610. The maximum atomic E-state index is 13.7. The molecule has 1 aromatic rings. The first kappa shape index (κ1) is 13.8. The van der Waals surface area contributed by atoms with Gasteiger partial charge in [-0.3, -0.25) is 0 Å². The summed E-state index contributed by atoms with van der Waals surface area (Å²) < 4.78 is 20.3. The first-order valence-corrected chi connectivity index (χ1v) is 7.20. The molecule has 0 bridgehead atoms. The van der Waals surface area contributed by atoms with Crippen LogP contribution in [0.1, 0.15) is 33.1 Å². The molecule has 0 radical (unpaired) electrons. The largest absolute Gasteiger partial charge is 0.487 e. The number of benzene rings is 1. The number of hydrogen-bond acceptors (Lipinski definition) is 2. The van der Waals surface area contributed by atoms with Crippen molar-refractivity contribution >= 4 is 15.9 Å². The highest BCUT2D eigenvalue weighted by atomic mass is 79.9. The third kappa shape index (κ3) is 2.16. The summed E-state index contributed by atoms with van der Waals surface area (Å²) in [6.45, 7) is 4.24. The zero-order valence-electron chi connectivity index (χ0n) is 10.7. The van der Waals surface area contributed by atoms with Gasteiger partial charge in [0.05, 0.1) is 0 Å². The van der Waals surface area contributed by atoms with Crippen LogP contribution in [0.15, 0.2) is 22.7 Å². The maximum absolute atomic E-state index is 13.7. The molecule has 2 unspecified atom stereocenters. The summed E-state index contributed by atoms with van der Waals surface area (Å²) in [6, 6.07) is 4.92. The smallest absolute Gasteiger partial charge is 0.165 e. The van der Waals surface area contributed by atoms with Crippen LogP contribution in [0.4, 0.5) is 4.39 Å². The fourth-order valence-corrected chi connectivity index (χ4v) is 3.23. The molecule has 1 aromatic carbocycles. The number of ether oxygens (including phenoxy) is 1. The van der Waals surface area contributed by atoms with Gasteiger partial charge in [-0.2, -0.15) is 0 Å². The van der Waals surface area contributed by atoms with E-state index in [4.69, 9.17) is 10.5 Å². The molecule has 2 nitrogen and oxygen atoms in total. The molecule has 100 valence electrons. The Morgan fingerprint density at radius 2 is 2.11 bits per heavy atom. The average molecular weight is 316 g/mol. The molecule has 0 aromatic heterocycles. The highest BCUT2D eigenvalue weighted by molar-refractivity contribution is 9.10. The van der Waals surface area contributed by atoms with Gasteiger partial charge >= 0.3 is 0 Å². The van der Waals surface area contributed by atoms with Gasteiger partial charge in [0.15, 0.2) is 11.6 Å². The average Bonchev–Trinajstić information content (AvgIpc) is 2.35. The van der Waals surface area contributed by atoms with Crippen molar-refractivity contribution in [3.63, 3.8) is 0 Å². The van der Waals surface area contributed by atoms with Crippen LogP contribution in [-0.2, 0) is 0 Å². The minimum absolute atomic E-state index is 0.00520. The summed E-state index contributed by atoms with van der Waals surface area (Å²) in [6.07, 6.45) is 2.75. The topological polar surface area (TPSA) is 35.2 Å². The standard InChI is InChI=1S/C14H19BrFNO/c1-3-14(4-2)12(17)8-13(14)18-11-7-9(15)5-6-10(11)16/h5-7,12-13H,3-4,8,17H2,1-2H3. The summed E-state index contributed by atoms with van der Waals surface area (Å²) in [4.78, 5) is 0. The van der Waals surface area contributed by atoms with Gasteiger partial charge in [0, 0.05) is 22.4 Å². The quantitative estimate of drug-likeness (QED) is 0.915. The SMILES string of the molecule is CCC1(CC)C(N)CC1Oc1cc(Br)ccc1F. The van der Waals surface area contributed by atoms with Crippen molar-refractivity contribution < 1.29 is 9.13 Å². The van der Waals surface area contributed by atoms with Crippen LogP contribution in [0, 0.1) is 11.2 Å². The highest BCUT2D eigenvalue weighted by Crippen LogP contribution is 2.48. The lowest BCUT2D eigenvalue weighted by Crippen LogP contribution is -2.63. The minimum Gasteiger partial charge on any atom is -0.487 e. The first-order chi connectivity index (χ1) is 8.53. The zero-order valence-corrected chi connectivity index (χ0v) is 12.3. The molecule has 0 heterocycles. The van der Waals surface area contributed by atoms with E-state index in [1.165, 1.54) is 6.07 Å². The van der Waals surface area contributed by atoms with Gasteiger partial charge in [-0.15, -0.1) is 0 Å². The molecule has 1 fully saturated rings. The molecule has 0 spiro atoms. The van der Waals surface area contributed by atoms with Crippen molar-refractivity contribution in [2.45, 2.75) is 45.3 Å². The van der Waals surface area contributed by atoms with Crippen molar-refractivity contribution in [3.05, 3.63) is 28.5 Å². The van der Waals surface area contributed by atoms with Crippen LogP contribution in [0.25, 0.3) is 0 Å². The number of halogens is 2. The predicted molar refractivity (Wildman–Crippen MR) is 74.1 cm³/mol. The second-order valence-corrected chi connectivity index (χ2v) is 5.88. The summed E-state index contributed by atoms with van der Waals surface area (Å²) in [7, 11) is 0. The predicted octanol–water partition coefficient (Wildman–Crippen LogP) is 3.87.